The Morgan fingerprint density at radius 1 is 1.25 bits per heavy atom. The van der Waals surface area contributed by atoms with Gasteiger partial charge in [-0.05, 0) is 23.3 Å². The van der Waals surface area contributed by atoms with E-state index >= 15 is 0 Å². The zero-order valence-electron chi connectivity index (χ0n) is 14.0. The van der Waals surface area contributed by atoms with Gasteiger partial charge in [-0.3, -0.25) is 0 Å². The van der Waals surface area contributed by atoms with Crippen LogP contribution in [0.5, 0.6) is 0 Å². The van der Waals surface area contributed by atoms with E-state index < -0.39 is 29.0 Å². The van der Waals surface area contributed by atoms with Crippen molar-refractivity contribution in [1.82, 2.24) is 0 Å². The second-order valence-corrected chi connectivity index (χ2v) is 7.50. The second-order valence-electron chi connectivity index (χ2n) is 7.50. The molecule has 132 valence electrons. The third kappa shape index (κ3) is 2.34. The summed E-state index contributed by atoms with van der Waals surface area (Å²) in [4.78, 5) is 5.19. The number of fused-ring (bicyclic) bond motifs is 2. The molecule has 3 nitrogen and oxygen atoms in total. The highest BCUT2D eigenvalue weighted by Crippen LogP contribution is 2.66. The number of halogens is 3. The van der Waals surface area contributed by atoms with Crippen LogP contribution in [0.15, 0.2) is 35.5 Å². The normalized spacial score (nSPS) is 36.3. The van der Waals surface area contributed by atoms with Gasteiger partial charge < -0.3 is 9.94 Å². The molecule has 4 atom stereocenters. The maximum Gasteiger partial charge on any atom is 0.423 e. The third-order valence-corrected chi connectivity index (χ3v) is 5.94. The molecule has 0 unspecified atom stereocenters. The summed E-state index contributed by atoms with van der Waals surface area (Å²) in [5.74, 6) is -1.29. The summed E-state index contributed by atoms with van der Waals surface area (Å²) >= 11 is 0. The van der Waals surface area contributed by atoms with Gasteiger partial charge in [-0.1, -0.05) is 56.3 Å². The third-order valence-electron chi connectivity index (χ3n) is 5.94. The van der Waals surface area contributed by atoms with Crippen molar-refractivity contribution in [3.8, 4) is 0 Å². The molecule has 1 aromatic rings. The second kappa shape index (κ2) is 5.48. The Kier molecular flexibility index (Phi) is 3.94. The minimum atomic E-state index is -4.77. The molecule has 0 saturated heterocycles. The number of hydrogen-bond acceptors (Lipinski definition) is 3. The van der Waals surface area contributed by atoms with Gasteiger partial charge in [0.2, 0.25) is 5.60 Å². The van der Waals surface area contributed by atoms with E-state index in [1.807, 2.05) is 18.2 Å². The van der Waals surface area contributed by atoms with Crippen LogP contribution in [0.4, 0.5) is 13.2 Å². The van der Waals surface area contributed by atoms with Gasteiger partial charge in [0, 0.05) is 11.8 Å². The zero-order chi connectivity index (χ0) is 17.8. The predicted octanol–water partition coefficient (Wildman–Crippen LogP) is 4.16. The van der Waals surface area contributed by atoms with Gasteiger partial charge in [0.05, 0.1) is 0 Å². The van der Waals surface area contributed by atoms with Gasteiger partial charge in [0.1, 0.15) is 12.3 Å². The van der Waals surface area contributed by atoms with E-state index in [0.717, 1.165) is 5.56 Å². The Balaban J connectivity index is 1.89. The number of benzene rings is 1. The van der Waals surface area contributed by atoms with Gasteiger partial charge in [-0.25, -0.2) is 0 Å². The molecule has 1 aromatic carbocycles. The number of rotatable bonds is 3. The average molecular weight is 341 g/mol. The average Bonchev–Trinajstić information content (AvgIpc) is 2.49. The van der Waals surface area contributed by atoms with Crippen LogP contribution in [-0.2, 0) is 11.4 Å². The van der Waals surface area contributed by atoms with E-state index in [0.29, 0.717) is 6.42 Å². The molecular formula is C18H22F3NO2. The Morgan fingerprint density at radius 3 is 2.42 bits per heavy atom. The lowest BCUT2D eigenvalue weighted by atomic mass is 9.40. The number of oxime groups is 1. The molecule has 3 fully saturated rings. The summed E-state index contributed by atoms with van der Waals surface area (Å²) in [6, 6.07) is 9.09. The number of nitrogens with zero attached hydrogens (tertiary/aromatic N) is 1. The van der Waals surface area contributed by atoms with Crippen molar-refractivity contribution < 1.29 is 23.1 Å². The van der Waals surface area contributed by atoms with Crippen LogP contribution in [-0.4, -0.2) is 22.6 Å². The van der Waals surface area contributed by atoms with E-state index in [1.54, 1.807) is 32.9 Å². The van der Waals surface area contributed by atoms with E-state index in [2.05, 4.69) is 5.16 Å². The fourth-order valence-corrected chi connectivity index (χ4v) is 4.48. The monoisotopic (exact) mass is 341 g/mol. The smallest absolute Gasteiger partial charge is 0.391 e. The SMILES string of the molecule is C[C@H]1/C(=N/OCc2ccccc2)[C@](O)(C(F)(F)F)[C@@H]2C[C@H]1C2(C)C. The summed E-state index contributed by atoms with van der Waals surface area (Å²) < 4.78 is 41.2. The lowest BCUT2D eigenvalue weighted by Gasteiger charge is -2.65. The Labute approximate surface area is 139 Å². The van der Waals surface area contributed by atoms with Crippen LogP contribution in [0.25, 0.3) is 0 Å². The van der Waals surface area contributed by atoms with Gasteiger partial charge >= 0.3 is 6.18 Å². The Morgan fingerprint density at radius 2 is 1.88 bits per heavy atom. The Hall–Kier alpha value is -1.56. The number of alkyl halides is 3. The van der Waals surface area contributed by atoms with Crippen LogP contribution in [0, 0.1) is 23.2 Å². The molecule has 0 aromatic heterocycles. The van der Waals surface area contributed by atoms with Gasteiger partial charge in [0.15, 0.2) is 0 Å². The topological polar surface area (TPSA) is 41.8 Å². The van der Waals surface area contributed by atoms with Crippen LogP contribution in [0.3, 0.4) is 0 Å². The fourth-order valence-electron chi connectivity index (χ4n) is 4.48. The molecule has 0 amide bonds. The zero-order valence-corrected chi connectivity index (χ0v) is 14.0. The Bertz CT molecular complexity index is 641. The van der Waals surface area contributed by atoms with Crippen LogP contribution < -0.4 is 0 Å². The molecule has 2 bridgehead atoms. The molecule has 3 aliphatic rings. The van der Waals surface area contributed by atoms with Crippen LogP contribution >= 0.6 is 0 Å². The van der Waals surface area contributed by atoms with Crippen molar-refractivity contribution in [3.05, 3.63) is 35.9 Å². The van der Waals surface area contributed by atoms with Crippen molar-refractivity contribution in [3.63, 3.8) is 0 Å². The lowest BCUT2D eigenvalue weighted by Crippen LogP contribution is -2.74. The maximum absolute atomic E-state index is 13.7. The summed E-state index contributed by atoms with van der Waals surface area (Å²) in [6.45, 7) is 5.36. The summed E-state index contributed by atoms with van der Waals surface area (Å²) in [5, 5.41) is 14.4. The van der Waals surface area contributed by atoms with E-state index in [9.17, 15) is 18.3 Å². The first-order chi connectivity index (χ1) is 11.1. The first-order valence-corrected chi connectivity index (χ1v) is 8.13. The largest absolute Gasteiger partial charge is 0.423 e. The van der Waals surface area contributed by atoms with E-state index in [4.69, 9.17) is 4.84 Å². The first-order valence-electron chi connectivity index (χ1n) is 8.13. The minimum absolute atomic E-state index is 0.0731. The number of hydrogen-bond donors (Lipinski definition) is 1. The van der Waals surface area contributed by atoms with Gasteiger partial charge in [-0.15, -0.1) is 0 Å². The predicted molar refractivity (Wildman–Crippen MR) is 84.2 cm³/mol. The van der Waals surface area contributed by atoms with Gasteiger partial charge in [0.25, 0.3) is 0 Å². The van der Waals surface area contributed by atoms with Crippen molar-refractivity contribution in [2.24, 2.45) is 28.3 Å². The minimum Gasteiger partial charge on any atom is -0.391 e. The first kappa shape index (κ1) is 17.3. The van der Waals surface area contributed by atoms with Crippen molar-refractivity contribution in [1.29, 1.82) is 0 Å². The molecule has 0 heterocycles. The van der Waals surface area contributed by atoms with E-state index in [-0.39, 0.29) is 18.2 Å². The quantitative estimate of drug-likeness (QED) is 0.839. The molecule has 3 aliphatic carbocycles. The van der Waals surface area contributed by atoms with Crippen LogP contribution in [0.2, 0.25) is 0 Å². The highest BCUT2D eigenvalue weighted by atomic mass is 19.4. The maximum atomic E-state index is 13.7. The standard InChI is InChI=1S/C18H22F3NO2/c1-11-13-9-14(16(13,2)3)17(23,18(19,20)21)15(11)22-24-10-12-7-5-4-6-8-12/h4-8,11,13-14,23H,9-10H2,1-3H3/b22-15-/t11-,13-,14-,17+/m1/s1. The molecule has 0 spiro atoms. The molecule has 1 N–H and O–H groups in total. The van der Waals surface area contributed by atoms with E-state index in [1.165, 1.54) is 0 Å². The fraction of sp³-hybridized carbons (Fsp3) is 0.611. The number of aliphatic hydroxyl groups is 1. The van der Waals surface area contributed by atoms with Crippen molar-refractivity contribution >= 4 is 5.71 Å². The van der Waals surface area contributed by atoms with Crippen molar-refractivity contribution in [2.75, 3.05) is 0 Å². The molecule has 3 saturated carbocycles. The highest BCUT2D eigenvalue weighted by Gasteiger charge is 2.75. The molecule has 24 heavy (non-hydrogen) atoms. The molecule has 6 heteroatoms. The molecule has 0 radical (unpaired) electrons. The van der Waals surface area contributed by atoms with Gasteiger partial charge in [-0.2, -0.15) is 13.2 Å². The van der Waals surface area contributed by atoms with Crippen LogP contribution in [0.1, 0.15) is 32.8 Å². The highest BCUT2D eigenvalue weighted by molar-refractivity contribution is 5.97. The summed E-state index contributed by atoms with van der Waals surface area (Å²) in [6.07, 6.45) is -4.41. The molecule has 0 aliphatic heterocycles. The van der Waals surface area contributed by atoms with Crippen molar-refractivity contribution in [2.45, 2.75) is 45.6 Å². The molecule has 4 rings (SSSR count). The summed E-state index contributed by atoms with van der Waals surface area (Å²) in [7, 11) is 0. The lowest BCUT2D eigenvalue weighted by molar-refractivity contribution is -0.299. The summed E-state index contributed by atoms with van der Waals surface area (Å²) in [5.41, 5.74) is -2.96. The molecular weight excluding hydrogens is 319 g/mol.